The Morgan fingerprint density at radius 3 is 1.92 bits per heavy atom. The fourth-order valence-electron chi connectivity index (χ4n) is 5.30. The van der Waals surface area contributed by atoms with Crippen LogP contribution < -0.4 is 0 Å². The van der Waals surface area contributed by atoms with Gasteiger partial charge in [-0.1, -0.05) is 97.1 Å². The second kappa shape index (κ2) is 11.1. The third-order valence-corrected chi connectivity index (χ3v) is 8.46. The van der Waals surface area contributed by atoms with Gasteiger partial charge >= 0.3 is 0 Å². The molecule has 0 aliphatic carbocycles. The minimum Gasteiger partial charge on any atom is -0.508 e. The molecule has 0 aromatic heterocycles. The van der Waals surface area contributed by atoms with Gasteiger partial charge in [-0.2, -0.15) is 8.42 Å². The fraction of sp³-hybridized carbons (Fsp3) is 0.226. The van der Waals surface area contributed by atoms with Gasteiger partial charge in [-0.3, -0.25) is 9.08 Å². The van der Waals surface area contributed by atoms with Crippen molar-refractivity contribution in [1.29, 1.82) is 0 Å². The number of phenolic OH excluding ortho intramolecular Hbond substituents is 1. The van der Waals surface area contributed by atoms with Crippen LogP contribution in [0, 0.1) is 6.92 Å². The molecule has 1 atom stereocenters. The maximum atomic E-state index is 13.0. The van der Waals surface area contributed by atoms with E-state index in [1.54, 1.807) is 13.0 Å². The molecule has 0 spiro atoms. The molecule has 38 heavy (non-hydrogen) atoms. The predicted molar refractivity (Wildman–Crippen MR) is 147 cm³/mol. The molecule has 1 aliphatic rings. The van der Waals surface area contributed by atoms with Crippen molar-refractivity contribution in [3.63, 3.8) is 0 Å². The molecule has 0 amide bonds. The van der Waals surface area contributed by atoms with Crippen molar-refractivity contribution in [2.24, 2.45) is 0 Å². The molecule has 4 aromatic carbocycles. The molecule has 4 aromatic rings. The molecule has 7 heteroatoms. The minimum atomic E-state index is -4.08. The summed E-state index contributed by atoms with van der Waals surface area (Å²) < 4.78 is 37.5. The molecule has 6 nitrogen and oxygen atoms in total. The Balaban J connectivity index is 1.50. The molecule has 1 fully saturated rings. The molecule has 1 heterocycles. The van der Waals surface area contributed by atoms with Gasteiger partial charge in [-0.05, 0) is 35.2 Å². The van der Waals surface area contributed by atoms with E-state index < -0.39 is 21.8 Å². The fourth-order valence-corrected chi connectivity index (χ4v) is 6.48. The smallest absolute Gasteiger partial charge is 0.297 e. The van der Waals surface area contributed by atoms with Crippen molar-refractivity contribution in [2.45, 2.75) is 23.5 Å². The number of benzene rings is 4. The van der Waals surface area contributed by atoms with E-state index >= 15 is 0 Å². The third kappa shape index (κ3) is 5.11. The van der Waals surface area contributed by atoms with Crippen LogP contribution in [0.4, 0.5) is 0 Å². The monoisotopic (exact) mass is 529 g/mol. The second-order valence-corrected chi connectivity index (χ2v) is 11.0. The summed E-state index contributed by atoms with van der Waals surface area (Å²) in [5.41, 5.74) is 3.23. The standard InChI is InChI=1S/C31H31NO5S/c1-24-17-18-28(33)21-30(24)38(34,35)37-23-29-22-32(19-20-36-29)31(25-11-5-2-6-12-25,26-13-7-3-8-14-26)27-15-9-4-10-16-27/h2-18,21,29,33H,19-20,22-23H2,1H3. The SMILES string of the molecule is Cc1ccc(O)cc1S(=O)(=O)OCC1CN(C(c2ccccc2)(c2ccccc2)c2ccccc2)CCO1. The van der Waals surface area contributed by atoms with Crippen LogP contribution in [0.5, 0.6) is 5.75 Å². The van der Waals surface area contributed by atoms with Gasteiger partial charge in [0.05, 0.1) is 24.9 Å². The minimum absolute atomic E-state index is 0.0441. The molecular formula is C31H31NO5S. The van der Waals surface area contributed by atoms with Gasteiger partial charge in [0.2, 0.25) is 0 Å². The molecular weight excluding hydrogens is 498 g/mol. The Morgan fingerprint density at radius 2 is 1.39 bits per heavy atom. The number of morpholine rings is 1. The molecule has 0 radical (unpaired) electrons. The van der Waals surface area contributed by atoms with Crippen molar-refractivity contribution >= 4 is 10.1 Å². The topological polar surface area (TPSA) is 76.1 Å². The average molecular weight is 530 g/mol. The van der Waals surface area contributed by atoms with Crippen LogP contribution in [0.3, 0.4) is 0 Å². The van der Waals surface area contributed by atoms with Crippen LogP contribution in [0.2, 0.25) is 0 Å². The number of aryl methyl sites for hydroxylation is 1. The van der Waals surface area contributed by atoms with E-state index in [1.807, 2.05) is 54.6 Å². The van der Waals surface area contributed by atoms with Gasteiger partial charge in [0.1, 0.15) is 10.6 Å². The lowest BCUT2D eigenvalue weighted by atomic mass is 9.75. The van der Waals surface area contributed by atoms with Gasteiger partial charge in [0, 0.05) is 19.2 Å². The Kier molecular flexibility index (Phi) is 7.63. The summed E-state index contributed by atoms with van der Waals surface area (Å²) >= 11 is 0. The number of nitrogens with zero attached hydrogens (tertiary/aromatic N) is 1. The van der Waals surface area contributed by atoms with Crippen LogP contribution in [-0.4, -0.2) is 50.8 Å². The van der Waals surface area contributed by atoms with E-state index in [0.717, 1.165) is 16.7 Å². The lowest BCUT2D eigenvalue weighted by Gasteiger charge is -2.48. The first-order chi connectivity index (χ1) is 18.4. The Labute approximate surface area is 224 Å². The molecule has 0 saturated carbocycles. The zero-order chi connectivity index (χ0) is 26.6. The number of hydrogen-bond acceptors (Lipinski definition) is 6. The first kappa shape index (κ1) is 26.1. The normalized spacial score (nSPS) is 16.8. The Morgan fingerprint density at radius 1 is 0.868 bits per heavy atom. The van der Waals surface area contributed by atoms with Crippen LogP contribution in [-0.2, 0) is 24.6 Å². The van der Waals surface area contributed by atoms with Crippen molar-refractivity contribution in [1.82, 2.24) is 4.90 Å². The van der Waals surface area contributed by atoms with Gasteiger partial charge in [-0.25, -0.2) is 0 Å². The Hall–Kier alpha value is -3.49. The zero-order valence-electron chi connectivity index (χ0n) is 21.2. The molecule has 1 N–H and O–H groups in total. The van der Waals surface area contributed by atoms with E-state index in [2.05, 4.69) is 41.3 Å². The highest BCUT2D eigenvalue weighted by molar-refractivity contribution is 7.86. The first-order valence-corrected chi connectivity index (χ1v) is 14.0. The first-order valence-electron chi connectivity index (χ1n) is 12.6. The van der Waals surface area contributed by atoms with Crippen molar-refractivity contribution in [3.8, 4) is 5.75 Å². The van der Waals surface area contributed by atoms with Gasteiger partial charge in [0.25, 0.3) is 10.1 Å². The predicted octanol–water partition coefficient (Wildman–Crippen LogP) is 5.10. The summed E-state index contributed by atoms with van der Waals surface area (Å²) in [5, 5.41) is 9.82. The summed E-state index contributed by atoms with van der Waals surface area (Å²) in [7, 11) is -4.08. The van der Waals surface area contributed by atoms with Crippen LogP contribution in [0.25, 0.3) is 0 Å². The largest absolute Gasteiger partial charge is 0.508 e. The lowest BCUT2D eigenvalue weighted by Crippen LogP contribution is -2.56. The number of aromatic hydroxyl groups is 1. The Bertz CT molecular complexity index is 1360. The summed E-state index contributed by atoms with van der Waals surface area (Å²) in [5.74, 6) is -0.128. The van der Waals surface area contributed by atoms with Crippen molar-refractivity contribution < 1.29 is 22.4 Å². The van der Waals surface area contributed by atoms with Gasteiger partial charge in [-0.15, -0.1) is 0 Å². The lowest BCUT2D eigenvalue weighted by molar-refractivity contribution is -0.0687. The van der Waals surface area contributed by atoms with E-state index in [1.165, 1.54) is 12.1 Å². The van der Waals surface area contributed by atoms with Crippen molar-refractivity contribution in [2.75, 3.05) is 26.3 Å². The van der Waals surface area contributed by atoms with Crippen molar-refractivity contribution in [3.05, 3.63) is 131 Å². The highest BCUT2D eigenvalue weighted by Crippen LogP contribution is 2.43. The highest BCUT2D eigenvalue weighted by atomic mass is 32.2. The number of rotatable bonds is 8. The third-order valence-electron chi connectivity index (χ3n) is 7.04. The number of hydrogen-bond donors (Lipinski definition) is 1. The summed E-state index contributed by atoms with van der Waals surface area (Å²) in [6, 6.07) is 35.3. The van der Waals surface area contributed by atoms with Crippen LogP contribution >= 0.6 is 0 Å². The number of ether oxygens (including phenoxy) is 1. The van der Waals surface area contributed by atoms with Crippen LogP contribution in [0.1, 0.15) is 22.3 Å². The maximum absolute atomic E-state index is 13.0. The quantitative estimate of drug-likeness (QED) is 0.253. The van der Waals surface area contributed by atoms with E-state index in [0.29, 0.717) is 25.3 Å². The maximum Gasteiger partial charge on any atom is 0.297 e. The molecule has 5 rings (SSSR count). The van der Waals surface area contributed by atoms with Gasteiger partial charge < -0.3 is 9.84 Å². The van der Waals surface area contributed by atoms with E-state index in [9.17, 15) is 13.5 Å². The molecule has 1 unspecified atom stereocenters. The zero-order valence-corrected chi connectivity index (χ0v) is 22.1. The molecule has 1 saturated heterocycles. The van der Waals surface area contributed by atoms with E-state index in [4.69, 9.17) is 8.92 Å². The average Bonchev–Trinajstić information content (AvgIpc) is 2.96. The molecule has 1 aliphatic heterocycles. The summed E-state index contributed by atoms with van der Waals surface area (Å²) in [4.78, 5) is 2.31. The van der Waals surface area contributed by atoms with Gasteiger partial charge in [0.15, 0.2) is 0 Å². The summed E-state index contributed by atoms with van der Waals surface area (Å²) in [6.07, 6.45) is -0.480. The second-order valence-electron chi connectivity index (χ2n) is 9.44. The molecule has 196 valence electrons. The van der Waals surface area contributed by atoms with E-state index in [-0.39, 0.29) is 17.3 Å². The van der Waals surface area contributed by atoms with Crippen LogP contribution in [0.15, 0.2) is 114 Å². The molecule has 0 bridgehead atoms. The summed E-state index contributed by atoms with van der Waals surface area (Å²) in [6.45, 7) is 3.05. The number of phenols is 1. The highest BCUT2D eigenvalue weighted by Gasteiger charge is 2.44.